The van der Waals surface area contributed by atoms with Crippen molar-refractivity contribution in [3.8, 4) is 11.1 Å². The van der Waals surface area contributed by atoms with Crippen LogP contribution in [-0.4, -0.2) is 22.3 Å². The van der Waals surface area contributed by atoms with Crippen molar-refractivity contribution < 1.29 is 15.0 Å². The van der Waals surface area contributed by atoms with Gasteiger partial charge >= 0.3 is 5.97 Å². The van der Waals surface area contributed by atoms with Crippen molar-refractivity contribution in [2.45, 2.75) is 12.5 Å². The van der Waals surface area contributed by atoms with Gasteiger partial charge in [-0.15, -0.1) is 0 Å². The van der Waals surface area contributed by atoms with E-state index in [-0.39, 0.29) is 6.42 Å². The standard InChI is InChI=1S/C15H13ClO3/c16-13-3-1-2-12(9-13)11-6-4-10(5-7-11)8-14(17)15(18)19/h1-7,9,14,17H,8H2,(H,18,19). The van der Waals surface area contributed by atoms with Crippen molar-refractivity contribution in [2.24, 2.45) is 0 Å². The second-order valence-electron chi connectivity index (χ2n) is 4.27. The highest BCUT2D eigenvalue weighted by Crippen LogP contribution is 2.23. The molecule has 2 aromatic rings. The van der Waals surface area contributed by atoms with Gasteiger partial charge in [-0.05, 0) is 28.8 Å². The normalized spacial score (nSPS) is 12.1. The molecule has 4 heteroatoms. The van der Waals surface area contributed by atoms with E-state index >= 15 is 0 Å². The zero-order valence-electron chi connectivity index (χ0n) is 10.1. The van der Waals surface area contributed by atoms with Crippen molar-refractivity contribution in [1.82, 2.24) is 0 Å². The van der Waals surface area contributed by atoms with Gasteiger partial charge in [0.25, 0.3) is 0 Å². The molecule has 0 heterocycles. The largest absolute Gasteiger partial charge is 0.479 e. The smallest absolute Gasteiger partial charge is 0.332 e. The quantitative estimate of drug-likeness (QED) is 0.902. The molecule has 0 aliphatic carbocycles. The molecule has 2 rings (SSSR count). The van der Waals surface area contributed by atoms with Gasteiger partial charge in [-0.2, -0.15) is 0 Å². The van der Waals surface area contributed by atoms with Crippen molar-refractivity contribution in [3.05, 3.63) is 59.1 Å². The van der Waals surface area contributed by atoms with E-state index < -0.39 is 12.1 Å². The van der Waals surface area contributed by atoms with E-state index in [9.17, 15) is 9.90 Å². The Bertz CT molecular complexity index is 578. The molecule has 0 bridgehead atoms. The van der Waals surface area contributed by atoms with E-state index in [2.05, 4.69) is 0 Å². The molecular formula is C15H13ClO3. The number of carboxylic acid groups (broad SMARTS) is 1. The predicted molar refractivity (Wildman–Crippen MR) is 74.2 cm³/mol. The minimum Gasteiger partial charge on any atom is -0.479 e. The zero-order valence-corrected chi connectivity index (χ0v) is 10.8. The van der Waals surface area contributed by atoms with Crippen molar-refractivity contribution in [3.63, 3.8) is 0 Å². The number of hydrogen-bond donors (Lipinski definition) is 2. The zero-order chi connectivity index (χ0) is 13.8. The summed E-state index contributed by atoms with van der Waals surface area (Å²) in [5, 5.41) is 18.6. The van der Waals surface area contributed by atoms with E-state index in [1.807, 2.05) is 48.5 Å². The highest BCUT2D eigenvalue weighted by molar-refractivity contribution is 6.30. The monoisotopic (exact) mass is 276 g/mol. The number of aliphatic hydroxyl groups excluding tert-OH is 1. The summed E-state index contributed by atoms with van der Waals surface area (Å²) in [4.78, 5) is 10.6. The number of halogens is 1. The predicted octanol–water partition coefficient (Wildman–Crippen LogP) is 3.00. The molecular weight excluding hydrogens is 264 g/mol. The highest BCUT2D eigenvalue weighted by Gasteiger charge is 2.13. The van der Waals surface area contributed by atoms with Crippen molar-refractivity contribution in [2.75, 3.05) is 0 Å². The minimum absolute atomic E-state index is 0.102. The average Bonchev–Trinajstić information content (AvgIpc) is 2.39. The number of aliphatic hydroxyl groups is 1. The van der Waals surface area contributed by atoms with Gasteiger partial charge in [0, 0.05) is 11.4 Å². The second-order valence-corrected chi connectivity index (χ2v) is 4.70. The maximum atomic E-state index is 10.6. The van der Waals surface area contributed by atoms with E-state index in [0.29, 0.717) is 5.02 Å². The summed E-state index contributed by atoms with van der Waals surface area (Å²) in [6.45, 7) is 0. The van der Waals surface area contributed by atoms with Crippen LogP contribution in [0.4, 0.5) is 0 Å². The Balaban J connectivity index is 2.17. The molecule has 0 amide bonds. The molecule has 19 heavy (non-hydrogen) atoms. The minimum atomic E-state index is -1.36. The van der Waals surface area contributed by atoms with Crippen LogP contribution in [0.15, 0.2) is 48.5 Å². The summed E-state index contributed by atoms with van der Waals surface area (Å²) in [6, 6.07) is 14.9. The van der Waals surface area contributed by atoms with E-state index in [1.54, 1.807) is 0 Å². The first-order valence-electron chi connectivity index (χ1n) is 5.82. The molecule has 2 aromatic carbocycles. The molecule has 0 spiro atoms. The number of hydrogen-bond acceptors (Lipinski definition) is 2. The molecule has 1 atom stereocenters. The van der Waals surface area contributed by atoms with Crippen LogP contribution in [0.25, 0.3) is 11.1 Å². The SMILES string of the molecule is O=C(O)C(O)Cc1ccc(-c2cccc(Cl)c2)cc1. The third-order valence-corrected chi connectivity index (χ3v) is 3.06. The Hall–Kier alpha value is -1.84. The number of rotatable bonds is 4. The summed E-state index contributed by atoms with van der Waals surface area (Å²) >= 11 is 5.93. The molecule has 0 aliphatic rings. The van der Waals surface area contributed by atoms with Gasteiger partial charge in [0.1, 0.15) is 0 Å². The molecule has 3 nitrogen and oxygen atoms in total. The summed E-state index contributed by atoms with van der Waals surface area (Å²) in [5.74, 6) is -1.21. The van der Waals surface area contributed by atoms with Crippen molar-refractivity contribution in [1.29, 1.82) is 0 Å². The molecule has 0 saturated carbocycles. The van der Waals surface area contributed by atoms with Crippen LogP contribution >= 0.6 is 11.6 Å². The molecule has 0 saturated heterocycles. The molecule has 0 fully saturated rings. The van der Waals surface area contributed by atoms with Crippen LogP contribution in [0.1, 0.15) is 5.56 Å². The Morgan fingerprint density at radius 2 is 1.79 bits per heavy atom. The lowest BCUT2D eigenvalue weighted by atomic mass is 10.0. The first kappa shape index (κ1) is 13.6. The Labute approximate surface area is 116 Å². The lowest BCUT2D eigenvalue weighted by Gasteiger charge is -2.07. The first-order chi connectivity index (χ1) is 9.06. The number of aliphatic carboxylic acids is 1. The molecule has 98 valence electrons. The Morgan fingerprint density at radius 1 is 1.11 bits per heavy atom. The van der Waals surface area contributed by atoms with Crippen LogP contribution < -0.4 is 0 Å². The average molecular weight is 277 g/mol. The van der Waals surface area contributed by atoms with Crippen LogP contribution in [0.3, 0.4) is 0 Å². The van der Waals surface area contributed by atoms with E-state index in [1.165, 1.54) is 0 Å². The Morgan fingerprint density at radius 3 is 2.37 bits per heavy atom. The van der Waals surface area contributed by atoms with Gasteiger partial charge in [-0.3, -0.25) is 0 Å². The lowest BCUT2D eigenvalue weighted by molar-refractivity contribution is -0.146. The van der Waals surface area contributed by atoms with Gasteiger partial charge in [0.15, 0.2) is 6.10 Å². The number of carboxylic acids is 1. The van der Waals surface area contributed by atoms with Gasteiger partial charge in [-0.1, -0.05) is 48.0 Å². The molecule has 0 aromatic heterocycles. The topological polar surface area (TPSA) is 57.5 Å². The maximum absolute atomic E-state index is 10.6. The molecule has 1 unspecified atom stereocenters. The van der Waals surface area contributed by atoms with E-state index in [0.717, 1.165) is 16.7 Å². The second kappa shape index (κ2) is 5.87. The fourth-order valence-electron chi connectivity index (χ4n) is 1.81. The molecule has 0 radical (unpaired) electrons. The summed E-state index contributed by atoms with van der Waals surface area (Å²) in [7, 11) is 0. The summed E-state index contributed by atoms with van der Waals surface area (Å²) in [6.07, 6.45) is -1.26. The van der Waals surface area contributed by atoms with Gasteiger partial charge in [0.05, 0.1) is 0 Å². The molecule has 0 aliphatic heterocycles. The fourth-order valence-corrected chi connectivity index (χ4v) is 2.00. The van der Waals surface area contributed by atoms with Gasteiger partial charge in [-0.25, -0.2) is 4.79 Å². The highest BCUT2D eigenvalue weighted by atomic mass is 35.5. The van der Waals surface area contributed by atoms with Crippen LogP contribution in [-0.2, 0) is 11.2 Å². The van der Waals surface area contributed by atoms with Crippen LogP contribution in [0.5, 0.6) is 0 Å². The van der Waals surface area contributed by atoms with Gasteiger partial charge in [0.2, 0.25) is 0 Å². The fraction of sp³-hybridized carbons (Fsp3) is 0.133. The van der Waals surface area contributed by atoms with Crippen LogP contribution in [0, 0.1) is 0 Å². The maximum Gasteiger partial charge on any atom is 0.332 e. The number of benzene rings is 2. The van der Waals surface area contributed by atoms with E-state index in [4.69, 9.17) is 16.7 Å². The first-order valence-corrected chi connectivity index (χ1v) is 6.20. The van der Waals surface area contributed by atoms with Gasteiger partial charge < -0.3 is 10.2 Å². The number of carbonyl (C=O) groups is 1. The Kier molecular flexibility index (Phi) is 4.20. The molecule has 2 N–H and O–H groups in total. The van der Waals surface area contributed by atoms with Crippen molar-refractivity contribution >= 4 is 17.6 Å². The third kappa shape index (κ3) is 3.56. The lowest BCUT2D eigenvalue weighted by Crippen LogP contribution is -2.21. The third-order valence-electron chi connectivity index (χ3n) is 2.83. The summed E-state index contributed by atoms with van der Waals surface area (Å²) in [5.41, 5.74) is 2.77. The summed E-state index contributed by atoms with van der Waals surface area (Å²) < 4.78 is 0. The van der Waals surface area contributed by atoms with Crippen LogP contribution in [0.2, 0.25) is 5.02 Å².